The minimum absolute atomic E-state index is 0.922. The van der Waals surface area contributed by atoms with E-state index in [9.17, 15) is 0 Å². The number of para-hydroxylation sites is 1. The lowest BCUT2D eigenvalue weighted by atomic mass is 10.1. The molecule has 0 saturated carbocycles. The van der Waals surface area contributed by atoms with Gasteiger partial charge >= 0.3 is 0 Å². The van der Waals surface area contributed by atoms with E-state index >= 15 is 0 Å². The Labute approximate surface area is 128 Å². The molecule has 2 heterocycles. The van der Waals surface area contributed by atoms with Gasteiger partial charge in [0.2, 0.25) is 0 Å². The zero-order chi connectivity index (χ0) is 14.8. The van der Waals surface area contributed by atoms with Gasteiger partial charge in [-0.15, -0.1) is 11.3 Å². The summed E-state index contributed by atoms with van der Waals surface area (Å²) in [6.45, 7) is 4.26. The van der Waals surface area contributed by atoms with Gasteiger partial charge in [0, 0.05) is 18.0 Å². The number of hydrogen-bond donors (Lipinski definition) is 1. The number of anilines is 1. The molecule has 4 nitrogen and oxygen atoms in total. The first-order valence-electron chi connectivity index (χ1n) is 7.01. The standard InChI is InChI=1S/C16H18N4S/c1-4-12-7-5-6-8-15(12)20-11(2)13(9-18-20)14-10-21-16(17-3)19-14/h5-10H,4H2,1-3H3,(H,17,19). The van der Waals surface area contributed by atoms with Crippen molar-refractivity contribution in [2.75, 3.05) is 12.4 Å². The van der Waals surface area contributed by atoms with E-state index in [1.807, 2.05) is 17.9 Å². The molecular formula is C16H18N4S. The van der Waals surface area contributed by atoms with Crippen molar-refractivity contribution >= 4 is 16.5 Å². The second kappa shape index (κ2) is 5.69. The summed E-state index contributed by atoms with van der Waals surface area (Å²) in [5.74, 6) is 0. The van der Waals surface area contributed by atoms with Crippen molar-refractivity contribution in [3.63, 3.8) is 0 Å². The van der Waals surface area contributed by atoms with Crippen LogP contribution in [0.15, 0.2) is 35.8 Å². The van der Waals surface area contributed by atoms with Crippen molar-refractivity contribution < 1.29 is 0 Å². The van der Waals surface area contributed by atoms with Crippen LogP contribution in [-0.4, -0.2) is 21.8 Å². The van der Waals surface area contributed by atoms with Crippen LogP contribution >= 0.6 is 11.3 Å². The van der Waals surface area contributed by atoms with E-state index in [0.717, 1.165) is 34.2 Å². The fraction of sp³-hybridized carbons (Fsp3) is 0.250. The number of nitrogens with one attached hydrogen (secondary N) is 1. The third-order valence-corrected chi connectivity index (χ3v) is 4.46. The molecule has 21 heavy (non-hydrogen) atoms. The number of thiazole rings is 1. The van der Waals surface area contributed by atoms with Gasteiger partial charge in [0.1, 0.15) is 0 Å². The summed E-state index contributed by atoms with van der Waals surface area (Å²) in [6.07, 6.45) is 2.89. The lowest BCUT2D eigenvalue weighted by Crippen LogP contribution is -2.02. The zero-order valence-electron chi connectivity index (χ0n) is 12.4. The topological polar surface area (TPSA) is 42.7 Å². The van der Waals surface area contributed by atoms with Crippen molar-refractivity contribution in [3.05, 3.63) is 47.1 Å². The second-order valence-corrected chi connectivity index (χ2v) is 5.68. The SMILES string of the molecule is CCc1ccccc1-n1ncc(-c2csc(NC)n2)c1C. The number of aryl methyl sites for hydroxylation is 1. The molecule has 0 amide bonds. The first kappa shape index (κ1) is 13.8. The highest BCUT2D eigenvalue weighted by Gasteiger charge is 2.14. The minimum Gasteiger partial charge on any atom is -0.365 e. The number of benzene rings is 1. The monoisotopic (exact) mass is 298 g/mol. The highest BCUT2D eigenvalue weighted by molar-refractivity contribution is 7.14. The Kier molecular flexibility index (Phi) is 3.75. The Morgan fingerprint density at radius 3 is 2.81 bits per heavy atom. The molecule has 0 aliphatic carbocycles. The van der Waals surface area contributed by atoms with Gasteiger partial charge in [0.05, 0.1) is 23.3 Å². The van der Waals surface area contributed by atoms with Gasteiger partial charge in [-0.05, 0) is 25.0 Å². The molecule has 3 rings (SSSR count). The van der Waals surface area contributed by atoms with Crippen LogP contribution in [0.4, 0.5) is 5.13 Å². The van der Waals surface area contributed by atoms with Crippen LogP contribution < -0.4 is 5.32 Å². The van der Waals surface area contributed by atoms with Crippen molar-refractivity contribution in [2.24, 2.45) is 0 Å². The normalized spacial score (nSPS) is 10.8. The van der Waals surface area contributed by atoms with E-state index in [-0.39, 0.29) is 0 Å². The smallest absolute Gasteiger partial charge is 0.182 e. The highest BCUT2D eigenvalue weighted by atomic mass is 32.1. The Morgan fingerprint density at radius 2 is 2.10 bits per heavy atom. The van der Waals surface area contributed by atoms with Crippen LogP contribution in [0.1, 0.15) is 18.2 Å². The summed E-state index contributed by atoms with van der Waals surface area (Å²) < 4.78 is 2.01. The molecular weight excluding hydrogens is 280 g/mol. The molecule has 0 spiro atoms. The Hall–Kier alpha value is -2.14. The molecule has 0 atom stereocenters. The lowest BCUT2D eigenvalue weighted by Gasteiger charge is -2.09. The van der Waals surface area contributed by atoms with Crippen molar-refractivity contribution in [3.8, 4) is 16.9 Å². The summed E-state index contributed by atoms with van der Waals surface area (Å²) in [7, 11) is 1.89. The van der Waals surface area contributed by atoms with Crippen molar-refractivity contribution in [1.29, 1.82) is 0 Å². The van der Waals surface area contributed by atoms with Crippen LogP contribution in [0, 0.1) is 6.92 Å². The molecule has 0 saturated heterocycles. The molecule has 0 unspecified atom stereocenters. The van der Waals surface area contributed by atoms with Gasteiger partial charge in [-0.1, -0.05) is 25.1 Å². The van der Waals surface area contributed by atoms with E-state index in [4.69, 9.17) is 0 Å². The zero-order valence-corrected chi connectivity index (χ0v) is 13.2. The van der Waals surface area contributed by atoms with Gasteiger partial charge in [-0.25, -0.2) is 9.67 Å². The fourth-order valence-corrected chi connectivity index (χ4v) is 3.10. The van der Waals surface area contributed by atoms with Crippen molar-refractivity contribution in [2.45, 2.75) is 20.3 Å². The van der Waals surface area contributed by atoms with E-state index in [0.29, 0.717) is 0 Å². The molecule has 0 radical (unpaired) electrons. The first-order chi connectivity index (χ1) is 10.2. The summed E-state index contributed by atoms with van der Waals surface area (Å²) in [5, 5.41) is 10.6. The molecule has 108 valence electrons. The average Bonchev–Trinajstić information content (AvgIpc) is 3.13. The third kappa shape index (κ3) is 2.45. The molecule has 0 aliphatic heterocycles. The maximum Gasteiger partial charge on any atom is 0.182 e. The summed E-state index contributed by atoms with van der Waals surface area (Å²) in [4.78, 5) is 4.56. The Bertz CT molecular complexity index is 757. The van der Waals surface area contributed by atoms with E-state index in [1.165, 1.54) is 5.56 Å². The van der Waals surface area contributed by atoms with Crippen LogP contribution in [0.2, 0.25) is 0 Å². The predicted octanol–water partition coefficient (Wildman–Crippen LogP) is 3.91. The Balaban J connectivity index is 2.07. The van der Waals surface area contributed by atoms with E-state index in [2.05, 4.69) is 58.9 Å². The van der Waals surface area contributed by atoms with Crippen LogP contribution in [0.3, 0.4) is 0 Å². The molecule has 0 bridgehead atoms. The summed E-state index contributed by atoms with van der Waals surface area (Å²) in [5.41, 5.74) is 5.61. The van der Waals surface area contributed by atoms with Gasteiger partial charge < -0.3 is 5.32 Å². The van der Waals surface area contributed by atoms with Crippen LogP contribution in [-0.2, 0) is 6.42 Å². The average molecular weight is 298 g/mol. The number of hydrogen-bond acceptors (Lipinski definition) is 4. The fourth-order valence-electron chi connectivity index (χ4n) is 2.43. The third-order valence-electron chi connectivity index (χ3n) is 3.60. The molecule has 2 aromatic heterocycles. The summed E-state index contributed by atoms with van der Waals surface area (Å²) >= 11 is 1.61. The highest BCUT2D eigenvalue weighted by Crippen LogP contribution is 2.28. The van der Waals surface area contributed by atoms with E-state index in [1.54, 1.807) is 11.3 Å². The molecule has 1 N–H and O–H groups in total. The number of aromatic nitrogens is 3. The number of rotatable bonds is 4. The first-order valence-corrected chi connectivity index (χ1v) is 7.89. The number of nitrogens with zero attached hydrogens (tertiary/aromatic N) is 3. The molecule has 0 fully saturated rings. The second-order valence-electron chi connectivity index (χ2n) is 4.83. The minimum atomic E-state index is 0.922. The molecule has 0 aliphatic rings. The van der Waals surface area contributed by atoms with E-state index < -0.39 is 0 Å². The van der Waals surface area contributed by atoms with Gasteiger partial charge in [-0.2, -0.15) is 5.10 Å². The largest absolute Gasteiger partial charge is 0.365 e. The maximum absolute atomic E-state index is 4.57. The predicted molar refractivity (Wildman–Crippen MR) is 88.3 cm³/mol. The van der Waals surface area contributed by atoms with Crippen LogP contribution in [0.5, 0.6) is 0 Å². The van der Waals surface area contributed by atoms with Crippen molar-refractivity contribution in [1.82, 2.24) is 14.8 Å². The molecule has 1 aromatic carbocycles. The quantitative estimate of drug-likeness (QED) is 0.794. The van der Waals surface area contributed by atoms with Gasteiger partial charge in [0.15, 0.2) is 5.13 Å². The van der Waals surface area contributed by atoms with Gasteiger partial charge in [0.25, 0.3) is 0 Å². The molecule has 5 heteroatoms. The summed E-state index contributed by atoms with van der Waals surface area (Å²) in [6, 6.07) is 8.39. The molecule has 3 aromatic rings. The Morgan fingerprint density at radius 1 is 1.29 bits per heavy atom. The maximum atomic E-state index is 4.57. The lowest BCUT2D eigenvalue weighted by molar-refractivity contribution is 0.833. The van der Waals surface area contributed by atoms with Crippen LogP contribution in [0.25, 0.3) is 16.9 Å². The van der Waals surface area contributed by atoms with Gasteiger partial charge in [-0.3, -0.25) is 0 Å².